The standard InChI is InChI=1S/C22H20N4O2S2/c1-13-23-19(12-29-13)14-4-3-5-16(8-14)24-21(27)15-10-26(11-15)22-25-18-7-6-17(28-2)9-20(18)30-22/h3-9,12,15H,10-11H2,1-2H3,(H,24,27). The number of thiazole rings is 2. The molecule has 1 amide bonds. The van der Waals surface area contributed by atoms with Gasteiger partial charge in [-0.25, -0.2) is 9.97 Å². The number of aromatic nitrogens is 2. The Kier molecular flexibility index (Phi) is 4.88. The molecule has 0 atom stereocenters. The minimum Gasteiger partial charge on any atom is -0.497 e. The van der Waals surface area contributed by atoms with Gasteiger partial charge in [-0.05, 0) is 37.3 Å². The van der Waals surface area contributed by atoms with Gasteiger partial charge < -0.3 is 15.0 Å². The molecule has 5 rings (SSSR count). The van der Waals surface area contributed by atoms with Crippen LogP contribution in [0.4, 0.5) is 10.8 Å². The number of carbonyl (C=O) groups excluding carboxylic acids is 1. The van der Waals surface area contributed by atoms with Crippen LogP contribution >= 0.6 is 22.7 Å². The van der Waals surface area contributed by atoms with E-state index in [0.29, 0.717) is 13.1 Å². The second kappa shape index (κ2) is 7.70. The number of benzene rings is 2. The van der Waals surface area contributed by atoms with Gasteiger partial charge in [-0.15, -0.1) is 11.3 Å². The first kappa shape index (κ1) is 19.0. The molecule has 4 aromatic rings. The van der Waals surface area contributed by atoms with Crippen LogP contribution in [0.15, 0.2) is 47.8 Å². The number of methoxy groups -OCH3 is 1. The van der Waals surface area contributed by atoms with E-state index in [1.807, 2.05) is 54.8 Å². The first-order valence-corrected chi connectivity index (χ1v) is 11.3. The molecule has 2 aromatic heterocycles. The molecular weight excluding hydrogens is 416 g/mol. The molecule has 1 fully saturated rings. The topological polar surface area (TPSA) is 67.3 Å². The highest BCUT2D eigenvalue weighted by Crippen LogP contribution is 2.35. The fourth-order valence-corrected chi connectivity index (χ4v) is 5.09. The summed E-state index contributed by atoms with van der Waals surface area (Å²) in [5, 5.41) is 7.06. The number of nitrogens with one attached hydrogen (secondary N) is 1. The fourth-order valence-electron chi connectivity index (χ4n) is 3.45. The number of fused-ring (bicyclic) bond motifs is 1. The normalized spacial score (nSPS) is 14.0. The zero-order valence-electron chi connectivity index (χ0n) is 16.6. The molecular formula is C22H20N4O2S2. The maximum atomic E-state index is 12.7. The van der Waals surface area contributed by atoms with Crippen LogP contribution in [0.1, 0.15) is 5.01 Å². The Balaban J connectivity index is 1.23. The Morgan fingerprint density at radius 1 is 1.20 bits per heavy atom. The molecule has 1 aliphatic rings. The van der Waals surface area contributed by atoms with Gasteiger partial charge in [0.25, 0.3) is 0 Å². The number of hydrogen-bond acceptors (Lipinski definition) is 7. The number of carbonyl (C=O) groups is 1. The summed E-state index contributed by atoms with van der Waals surface area (Å²) < 4.78 is 6.37. The third-order valence-electron chi connectivity index (χ3n) is 5.15. The van der Waals surface area contributed by atoms with Gasteiger partial charge in [-0.1, -0.05) is 23.5 Å². The monoisotopic (exact) mass is 436 g/mol. The number of ether oxygens (including phenoxy) is 1. The molecule has 0 aliphatic carbocycles. The highest BCUT2D eigenvalue weighted by Gasteiger charge is 2.34. The maximum absolute atomic E-state index is 12.7. The molecule has 0 unspecified atom stereocenters. The Bertz CT molecular complexity index is 1230. The number of anilines is 2. The van der Waals surface area contributed by atoms with Crippen molar-refractivity contribution in [3.63, 3.8) is 0 Å². The van der Waals surface area contributed by atoms with Crippen molar-refractivity contribution < 1.29 is 9.53 Å². The van der Waals surface area contributed by atoms with Crippen LogP contribution in [0.5, 0.6) is 5.75 Å². The first-order valence-electron chi connectivity index (χ1n) is 9.62. The number of amides is 1. The van der Waals surface area contributed by atoms with Crippen molar-refractivity contribution in [1.29, 1.82) is 0 Å². The SMILES string of the molecule is COc1ccc2nc(N3CC(C(=O)Nc4cccc(-c5csc(C)n5)c4)C3)sc2c1. The predicted molar refractivity (Wildman–Crippen MR) is 123 cm³/mol. The lowest BCUT2D eigenvalue weighted by atomic mass is 10.00. The molecule has 30 heavy (non-hydrogen) atoms. The van der Waals surface area contributed by atoms with Gasteiger partial charge in [0.2, 0.25) is 5.91 Å². The van der Waals surface area contributed by atoms with Crippen LogP contribution in [-0.2, 0) is 4.79 Å². The van der Waals surface area contributed by atoms with Crippen LogP contribution in [0, 0.1) is 12.8 Å². The van der Waals surface area contributed by atoms with Gasteiger partial charge >= 0.3 is 0 Å². The summed E-state index contributed by atoms with van der Waals surface area (Å²) in [7, 11) is 1.66. The zero-order valence-corrected chi connectivity index (χ0v) is 18.2. The quantitative estimate of drug-likeness (QED) is 0.486. The molecule has 1 aliphatic heterocycles. The van der Waals surface area contributed by atoms with E-state index in [2.05, 4.69) is 20.2 Å². The average molecular weight is 437 g/mol. The minimum atomic E-state index is -0.0447. The summed E-state index contributed by atoms with van der Waals surface area (Å²) >= 11 is 3.25. The summed E-state index contributed by atoms with van der Waals surface area (Å²) in [6.07, 6.45) is 0. The Labute approximate surface area is 182 Å². The van der Waals surface area contributed by atoms with Crippen molar-refractivity contribution in [2.24, 2.45) is 5.92 Å². The molecule has 0 saturated carbocycles. The van der Waals surface area contributed by atoms with Gasteiger partial charge in [0.15, 0.2) is 5.13 Å². The lowest BCUT2D eigenvalue weighted by Crippen LogP contribution is -2.52. The Hall–Kier alpha value is -2.97. The summed E-state index contributed by atoms with van der Waals surface area (Å²) in [5.74, 6) is 0.825. The lowest BCUT2D eigenvalue weighted by Gasteiger charge is -2.37. The second-order valence-electron chi connectivity index (χ2n) is 7.25. The molecule has 1 N–H and O–H groups in total. The van der Waals surface area contributed by atoms with Crippen molar-refractivity contribution in [2.75, 3.05) is 30.4 Å². The first-order chi connectivity index (χ1) is 14.6. The molecule has 0 radical (unpaired) electrons. The molecule has 6 nitrogen and oxygen atoms in total. The highest BCUT2D eigenvalue weighted by atomic mass is 32.1. The fraction of sp³-hybridized carbons (Fsp3) is 0.227. The number of hydrogen-bond donors (Lipinski definition) is 1. The smallest absolute Gasteiger partial charge is 0.231 e. The van der Waals surface area contributed by atoms with Crippen molar-refractivity contribution in [2.45, 2.75) is 6.92 Å². The van der Waals surface area contributed by atoms with Gasteiger partial charge in [0, 0.05) is 29.7 Å². The number of nitrogens with zero attached hydrogens (tertiary/aromatic N) is 3. The van der Waals surface area contributed by atoms with E-state index in [1.54, 1.807) is 29.8 Å². The largest absolute Gasteiger partial charge is 0.497 e. The van der Waals surface area contributed by atoms with Crippen LogP contribution < -0.4 is 15.0 Å². The molecule has 0 spiro atoms. The van der Waals surface area contributed by atoms with Gasteiger partial charge in [-0.2, -0.15) is 0 Å². The molecule has 3 heterocycles. The van der Waals surface area contributed by atoms with Crippen LogP contribution in [0.3, 0.4) is 0 Å². The van der Waals surface area contributed by atoms with Crippen LogP contribution in [-0.4, -0.2) is 36.1 Å². The van der Waals surface area contributed by atoms with E-state index >= 15 is 0 Å². The minimum absolute atomic E-state index is 0.0423. The van der Waals surface area contributed by atoms with E-state index in [0.717, 1.165) is 43.1 Å². The van der Waals surface area contributed by atoms with Crippen LogP contribution in [0.25, 0.3) is 21.5 Å². The van der Waals surface area contributed by atoms with Crippen molar-refractivity contribution >= 4 is 49.6 Å². The molecule has 0 bridgehead atoms. The Morgan fingerprint density at radius 3 is 2.83 bits per heavy atom. The van der Waals surface area contributed by atoms with E-state index in [1.165, 1.54) is 0 Å². The van der Waals surface area contributed by atoms with Crippen molar-refractivity contribution in [1.82, 2.24) is 9.97 Å². The lowest BCUT2D eigenvalue weighted by molar-refractivity contribution is -0.120. The number of aryl methyl sites for hydroxylation is 1. The van der Waals surface area contributed by atoms with E-state index in [9.17, 15) is 4.79 Å². The summed E-state index contributed by atoms with van der Waals surface area (Å²) in [4.78, 5) is 24.1. The third kappa shape index (κ3) is 3.64. The van der Waals surface area contributed by atoms with E-state index in [4.69, 9.17) is 4.74 Å². The second-order valence-corrected chi connectivity index (χ2v) is 9.33. The van der Waals surface area contributed by atoms with E-state index in [-0.39, 0.29) is 11.8 Å². The van der Waals surface area contributed by atoms with E-state index < -0.39 is 0 Å². The van der Waals surface area contributed by atoms with Crippen molar-refractivity contribution in [3.8, 4) is 17.0 Å². The maximum Gasteiger partial charge on any atom is 0.231 e. The van der Waals surface area contributed by atoms with Gasteiger partial charge in [-0.3, -0.25) is 4.79 Å². The summed E-state index contributed by atoms with van der Waals surface area (Å²) in [6.45, 7) is 3.34. The van der Waals surface area contributed by atoms with Crippen LogP contribution in [0.2, 0.25) is 0 Å². The molecule has 152 valence electrons. The highest BCUT2D eigenvalue weighted by molar-refractivity contribution is 7.22. The zero-order chi connectivity index (χ0) is 20.7. The summed E-state index contributed by atoms with van der Waals surface area (Å²) in [5.41, 5.74) is 3.71. The molecule has 8 heteroatoms. The summed E-state index contributed by atoms with van der Waals surface area (Å²) in [6, 6.07) is 13.7. The predicted octanol–water partition coefficient (Wildman–Crippen LogP) is 4.81. The average Bonchev–Trinajstić information content (AvgIpc) is 3.32. The molecule has 1 saturated heterocycles. The Morgan fingerprint density at radius 2 is 2.07 bits per heavy atom. The van der Waals surface area contributed by atoms with Gasteiger partial charge in [0.1, 0.15) is 5.75 Å². The molecule has 2 aromatic carbocycles. The third-order valence-corrected chi connectivity index (χ3v) is 7.00. The van der Waals surface area contributed by atoms with Crippen molar-refractivity contribution in [3.05, 3.63) is 52.9 Å². The van der Waals surface area contributed by atoms with Gasteiger partial charge in [0.05, 0.1) is 33.9 Å². The number of rotatable bonds is 5.